The highest BCUT2D eigenvalue weighted by Gasteiger charge is 2.20. The van der Waals surface area contributed by atoms with E-state index in [1.165, 1.54) is 22.8 Å². The molecule has 6 nitrogen and oxygen atoms in total. The van der Waals surface area contributed by atoms with E-state index in [2.05, 4.69) is 15.6 Å². The summed E-state index contributed by atoms with van der Waals surface area (Å²) in [4.78, 5) is 30.4. The summed E-state index contributed by atoms with van der Waals surface area (Å²) < 4.78 is 15.1. The first-order valence-electron chi connectivity index (χ1n) is 10.5. The van der Waals surface area contributed by atoms with E-state index in [0.717, 1.165) is 5.56 Å². The van der Waals surface area contributed by atoms with Gasteiger partial charge in [-0.2, -0.15) is 0 Å². The summed E-state index contributed by atoms with van der Waals surface area (Å²) in [6.45, 7) is 2.30. The smallest absolute Gasteiger partial charge is 0.260 e. The number of hydrogen-bond donors (Lipinski definition) is 2. The average Bonchev–Trinajstić information content (AvgIpc) is 2.81. The van der Waals surface area contributed by atoms with Gasteiger partial charge in [-0.05, 0) is 42.3 Å². The average molecular weight is 442 g/mol. The van der Waals surface area contributed by atoms with E-state index in [0.29, 0.717) is 34.9 Å². The first-order valence-corrected chi connectivity index (χ1v) is 10.5. The Morgan fingerprint density at radius 3 is 2.45 bits per heavy atom. The normalized spacial score (nSPS) is 10.6. The summed E-state index contributed by atoms with van der Waals surface area (Å²) in [5.41, 5.74) is 2.56. The number of benzene rings is 2. The van der Waals surface area contributed by atoms with Gasteiger partial charge in [0.2, 0.25) is 0 Å². The first-order chi connectivity index (χ1) is 16.0. The number of hydrogen-bond acceptors (Lipinski definition) is 4. The van der Waals surface area contributed by atoms with Gasteiger partial charge in [0.15, 0.2) is 0 Å². The molecule has 0 aliphatic carbocycles. The lowest BCUT2D eigenvalue weighted by Crippen LogP contribution is -2.28. The van der Waals surface area contributed by atoms with Gasteiger partial charge in [0.1, 0.15) is 11.6 Å². The zero-order chi connectivity index (χ0) is 23.2. The number of pyridine rings is 2. The molecule has 2 aromatic carbocycles. The Labute approximate surface area is 190 Å². The largest absolute Gasteiger partial charge is 0.380 e. The molecular formula is C26H23FN4O2. The number of nitrogens with zero attached hydrogens (tertiary/aromatic N) is 2. The van der Waals surface area contributed by atoms with Crippen LogP contribution in [0, 0.1) is 12.7 Å². The van der Waals surface area contributed by atoms with E-state index in [1.54, 1.807) is 43.5 Å². The summed E-state index contributed by atoms with van der Waals surface area (Å²) in [6, 6.07) is 22.4. The number of aromatic nitrogens is 2. The predicted octanol–water partition coefficient (Wildman–Crippen LogP) is 4.60. The highest BCUT2D eigenvalue weighted by atomic mass is 19.1. The quantitative estimate of drug-likeness (QED) is 0.439. The van der Waals surface area contributed by atoms with Crippen LogP contribution in [0.25, 0.3) is 0 Å². The molecule has 0 spiro atoms. The number of nitrogens with one attached hydrogen (secondary N) is 2. The molecule has 0 radical (unpaired) electrons. The lowest BCUT2D eigenvalue weighted by Gasteiger charge is -2.19. The molecule has 0 unspecified atom stereocenters. The molecule has 0 aliphatic rings. The van der Waals surface area contributed by atoms with Crippen LogP contribution in [0.5, 0.6) is 0 Å². The van der Waals surface area contributed by atoms with Crippen molar-refractivity contribution in [2.24, 2.45) is 0 Å². The van der Waals surface area contributed by atoms with Crippen LogP contribution in [0.4, 0.5) is 15.9 Å². The number of rotatable bonds is 7. The van der Waals surface area contributed by atoms with Crippen molar-refractivity contribution in [1.29, 1.82) is 0 Å². The lowest BCUT2D eigenvalue weighted by molar-refractivity contribution is 0.102. The maximum absolute atomic E-state index is 13.7. The molecule has 2 N–H and O–H groups in total. The SMILES string of the molecule is Cc1c(C(=O)Nc2ccccn2)c(NCc2ccccc2)cc(=O)n1Cc1cccc(F)c1. The fourth-order valence-electron chi connectivity index (χ4n) is 3.62. The molecule has 4 rings (SSSR count). The molecule has 2 heterocycles. The molecule has 0 saturated carbocycles. The van der Waals surface area contributed by atoms with Gasteiger partial charge in [-0.3, -0.25) is 9.59 Å². The molecule has 2 aromatic heterocycles. The van der Waals surface area contributed by atoms with Crippen LogP contribution in [0.2, 0.25) is 0 Å². The van der Waals surface area contributed by atoms with Crippen LogP contribution >= 0.6 is 0 Å². The second kappa shape index (κ2) is 9.91. The Morgan fingerprint density at radius 1 is 0.970 bits per heavy atom. The lowest BCUT2D eigenvalue weighted by atomic mass is 10.1. The van der Waals surface area contributed by atoms with Gasteiger partial charge in [-0.15, -0.1) is 0 Å². The van der Waals surface area contributed by atoms with Crippen LogP contribution in [-0.4, -0.2) is 15.5 Å². The standard InChI is InChI=1S/C26H23FN4O2/c1-18-25(26(33)30-23-12-5-6-13-28-23)22(29-16-19-8-3-2-4-9-19)15-24(32)31(18)17-20-10-7-11-21(27)14-20/h2-15,29H,16-17H2,1H3,(H,28,30,33). The highest BCUT2D eigenvalue weighted by Crippen LogP contribution is 2.21. The molecule has 4 aromatic rings. The van der Waals surface area contributed by atoms with Crippen molar-refractivity contribution in [2.45, 2.75) is 20.0 Å². The Hall–Kier alpha value is -4.26. The third-order valence-corrected chi connectivity index (χ3v) is 5.26. The van der Waals surface area contributed by atoms with Crippen LogP contribution < -0.4 is 16.2 Å². The van der Waals surface area contributed by atoms with Crippen molar-refractivity contribution in [3.05, 3.63) is 124 Å². The van der Waals surface area contributed by atoms with Gasteiger partial charge in [0, 0.05) is 24.5 Å². The molecule has 1 amide bonds. The van der Waals surface area contributed by atoms with Gasteiger partial charge in [0.25, 0.3) is 11.5 Å². The maximum Gasteiger partial charge on any atom is 0.260 e. The Balaban J connectivity index is 1.73. The molecule has 0 aliphatic heterocycles. The number of anilines is 2. The van der Waals surface area contributed by atoms with Gasteiger partial charge in [-0.1, -0.05) is 48.5 Å². The van der Waals surface area contributed by atoms with Crippen molar-refractivity contribution < 1.29 is 9.18 Å². The van der Waals surface area contributed by atoms with Crippen LogP contribution in [0.3, 0.4) is 0 Å². The number of carbonyl (C=O) groups excluding carboxylic acids is 1. The summed E-state index contributed by atoms with van der Waals surface area (Å²) in [5.74, 6) is -0.374. The highest BCUT2D eigenvalue weighted by molar-refractivity contribution is 6.08. The van der Waals surface area contributed by atoms with Crippen LogP contribution in [0.15, 0.2) is 89.9 Å². The predicted molar refractivity (Wildman–Crippen MR) is 127 cm³/mol. The Bertz CT molecular complexity index is 1320. The summed E-state index contributed by atoms with van der Waals surface area (Å²) >= 11 is 0. The summed E-state index contributed by atoms with van der Waals surface area (Å²) in [6.07, 6.45) is 1.59. The van der Waals surface area contributed by atoms with E-state index >= 15 is 0 Å². The van der Waals surface area contributed by atoms with E-state index in [9.17, 15) is 14.0 Å². The fraction of sp³-hybridized carbons (Fsp3) is 0.115. The number of carbonyl (C=O) groups is 1. The zero-order valence-electron chi connectivity index (χ0n) is 18.1. The van der Waals surface area contributed by atoms with E-state index in [1.807, 2.05) is 30.3 Å². The Kier molecular flexibility index (Phi) is 6.59. The third-order valence-electron chi connectivity index (χ3n) is 5.26. The Morgan fingerprint density at radius 2 is 1.73 bits per heavy atom. The molecule has 0 atom stereocenters. The summed E-state index contributed by atoms with van der Waals surface area (Å²) in [7, 11) is 0. The summed E-state index contributed by atoms with van der Waals surface area (Å²) in [5, 5.41) is 6.02. The van der Waals surface area contributed by atoms with E-state index < -0.39 is 5.91 Å². The first kappa shape index (κ1) is 22.0. The van der Waals surface area contributed by atoms with Crippen LogP contribution in [0.1, 0.15) is 27.2 Å². The topological polar surface area (TPSA) is 76.0 Å². The van der Waals surface area contributed by atoms with Gasteiger partial charge in [0.05, 0.1) is 17.8 Å². The van der Waals surface area contributed by atoms with Crippen molar-refractivity contribution in [1.82, 2.24) is 9.55 Å². The van der Waals surface area contributed by atoms with Crippen molar-refractivity contribution in [2.75, 3.05) is 10.6 Å². The molecule has 0 bridgehead atoms. The molecule has 166 valence electrons. The van der Waals surface area contributed by atoms with Gasteiger partial charge >= 0.3 is 0 Å². The van der Waals surface area contributed by atoms with Crippen molar-refractivity contribution in [3.8, 4) is 0 Å². The van der Waals surface area contributed by atoms with E-state index in [4.69, 9.17) is 0 Å². The maximum atomic E-state index is 13.7. The minimum Gasteiger partial charge on any atom is -0.380 e. The molecule has 7 heteroatoms. The van der Waals surface area contributed by atoms with Gasteiger partial charge < -0.3 is 15.2 Å². The second-order valence-corrected chi connectivity index (χ2v) is 7.58. The monoisotopic (exact) mass is 442 g/mol. The van der Waals surface area contributed by atoms with E-state index in [-0.39, 0.29) is 17.9 Å². The van der Waals surface area contributed by atoms with Crippen LogP contribution in [-0.2, 0) is 13.1 Å². The second-order valence-electron chi connectivity index (χ2n) is 7.58. The minimum atomic E-state index is -0.394. The molecule has 0 saturated heterocycles. The number of amides is 1. The third kappa shape index (κ3) is 5.33. The minimum absolute atomic E-state index is 0.144. The molecule has 0 fully saturated rings. The molecule has 33 heavy (non-hydrogen) atoms. The van der Waals surface area contributed by atoms with Gasteiger partial charge in [-0.25, -0.2) is 9.37 Å². The number of halogens is 1. The van der Waals surface area contributed by atoms with Crippen molar-refractivity contribution in [3.63, 3.8) is 0 Å². The zero-order valence-corrected chi connectivity index (χ0v) is 18.1. The molecular weight excluding hydrogens is 419 g/mol. The van der Waals surface area contributed by atoms with Crippen molar-refractivity contribution >= 4 is 17.4 Å². The fourth-order valence-corrected chi connectivity index (χ4v) is 3.62.